The van der Waals surface area contributed by atoms with E-state index in [1.807, 2.05) is 20.0 Å². The highest BCUT2D eigenvalue weighted by atomic mass is 19.1. The van der Waals surface area contributed by atoms with Crippen molar-refractivity contribution in [2.24, 2.45) is 0 Å². The van der Waals surface area contributed by atoms with E-state index in [4.69, 9.17) is 4.74 Å². The number of rotatable bonds is 4. The normalized spacial score (nSPS) is 10.5. The Labute approximate surface area is 111 Å². The molecule has 100 valence electrons. The molecule has 0 aliphatic rings. The number of hydrogen-bond acceptors (Lipinski definition) is 4. The standard InChI is InChI=1S/C14H16FN3O/c1-9-6-12(18-14(17-9)8-16-2)10-4-5-13(19-3)11(15)7-10/h4-7,16H,8H2,1-3H3. The average Bonchev–Trinajstić information content (AvgIpc) is 2.38. The Kier molecular flexibility index (Phi) is 4.06. The van der Waals surface area contributed by atoms with Gasteiger partial charge in [0.25, 0.3) is 0 Å². The summed E-state index contributed by atoms with van der Waals surface area (Å²) in [6.45, 7) is 2.47. The summed E-state index contributed by atoms with van der Waals surface area (Å²) in [6.07, 6.45) is 0. The number of methoxy groups -OCH3 is 1. The van der Waals surface area contributed by atoms with Gasteiger partial charge < -0.3 is 10.1 Å². The highest BCUT2D eigenvalue weighted by Gasteiger charge is 2.08. The van der Waals surface area contributed by atoms with Crippen LogP contribution in [0.3, 0.4) is 0 Å². The zero-order valence-corrected chi connectivity index (χ0v) is 11.2. The van der Waals surface area contributed by atoms with Gasteiger partial charge in [0.05, 0.1) is 19.3 Å². The molecule has 19 heavy (non-hydrogen) atoms. The van der Waals surface area contributed by atoms with E-state index in [0.29, 0.717) is 23.6 Å². The van der Waals surface area contributed by atoms with Crippen LogP contribution in [-0.2, 0) is 6.54 Å². The molecule has 0 aliphatic carbocycles. The lowest BCUT2D eigenvalue weighted by Crippen LogP contribution is -2.10. The van der Waals surface area contributed by atoms with E-state index in [9.17, 15) is 4.39 Å². The SMILES string of the molecule is CNCc1nc(C)cc(-c2ccc(OC)c(F)c2)n1. The van der Waals surface area contributed by atoms with Crippen molar-refractivity contribution in [2.75, 3.05) is 14.2 Å². The number of aromatic nitrogens is 2. The van der Waals surface area contributed by atoms with E-state index in [1.165, 1.54) is 13.2 Å². The zero-order valence-electron chi connectivity index (χ0n) is 11.2. The fourth-order valence-electron chi connectivity index (χ4n) is 1.84. The molecule has 0 unspecified atom stereocenters. The third-order valence-corrected chi connectivity index (χ3v) is 2.68. The van der Waals surface area contributed by atoms with Gasteiger partial charge in [-0.1, -0.05) is 0 Å². The van der Waals surface area contributed by atoms with E-state index >= 15 is 0 Å². The summed E-state index contributed by atoms with van der Waals surface area (Å²) in [4.78, 5) is 8.72. The predicted molar refractivity (Wildman–Crippen MR) is 71.5 cm³/mol. The third-order valence-electron chi connectivity index (χ3n) is 2.68. The molecule has 0 fully saturated rings. The van der Waals surface area contributed by atoms with Crippen molar-refractivity contribution >= 4 is 0 Å². The summed E-state index contributed by atoms with van der Waals surface area (Å²) in [6, 6.07) is 6.64. The van der Waals surface area contributed by atoms with Gasteiger partial charge in [-0.2, -0.15) is 0 Å². The molecule has 5 heteroatoms. The number of nitrogens with one attached hydrogen (secondary N) is 1. The van der Waals surface area contributed by atoms with Gasteiger partial charge in [0.2, 0.25) is 0 Å². The molecule has 0 amide bonds. The molecule has 0 radical (unpaired) electrons. The maximum absolute atomic E-state index is 13.7. The molecule has 1 aromatic heterocycles. The number of hydrogen-bond donors (Lipinski definition) is 1. The van der Waals surface area contributed by atoms with E-state index in [2.05, 4.69) is 15.3 Å². The summed E-state index contributed by atoms with van der Waals surface area (Å²) >= 11 is 0. The minimum Gasteiger partial charge on any atom is -0.494 e. The van der Waals surface area contributed by atoms with Gasteiger partial charge in [0.1, 0.15) is 5.82 Å². The fourth-order valence-corrected chi connectivity index (χ4v) is 1.84. The molecule has 2 aromatic rings. The second-order valence-corrected chi connectivity index (χ2v) is 4.19. The molecule has 0 atom stereocenters. The number of nitrogens with zero attached hydrogens (tertiary/aromatic N) is 2. The van der Waals surface area contributed by atoms with Crippen LogP contribution in [0, 0.1) is 12.7 Å². The van der Waals surface area contributed by atoms with Gasteiger partial charge in [0.15, 0.2) is 11.6 Å². The lowest BCUT2D eigenvalue weighted by atomic mass is 10.1. The smallest absolute Gasteiger partial charge is 0.165 e. The van der Waals surface area contributed by atoms with Gasteiger partial charge in [-0.3, -0.25) is 0 Å². The third kappa shape index (κ3) is 3.06. The predicted octanol–water partition coefficient (Wildman–Crippen LogP) is 2.32. The van der Waals surface area contributed by atoms with Crippen molar-refractivity contribution in [3.8, 4) is 17.0 Å². The van der Waals surface area contributed by atoms with Crippen LogP contribution in [0.2, 0.25) is 0 Å². The van der Waals surface area contributed by atoms with Gasteiger partial charge >= 0.3 is 0 Å². The maximum atomic E-state index is 13.7. The Morgan fingerprint density at radius 3 is 2.68 bits per heavy atom. The van der Waals surface area contributed by atoms with Gasteiger partial charge in [-0.05, 0) is 38.2 Å². The maximum Gasteiger partial charge on any atom is 0.165 e. The molecular weight excluding hydrogens is 245 g/mol. The summed E-state index contributed by atoms with van der Waals surface area (Å²) < 4.78 is 18.6. The molecule has 1 heterocycles. The second-order valence-electron chi connectivity index (χ2n) is 4.19. The highest BCUT2D eigenvalue weighted by molar-refractivity contribution is 5.60. The van der Waals surface area contributed by atoms with E-state index in [-0.39, 0.29) is 5.75 Å². The molecule has 0 spiro atoms. The van der Waals surface area contributed by atoms with Crippen molar-refractivity contribution in [3.05, 3.63) is 41.6 Å². The lowest BCUT2D eigenvalue weighted by molar-refractivity contribution is 0.386. The van der Waals surface area contributed by atoms with Crippen molar-refractivity contribution < 1.29 is 9.13 Å². The quantitative estimate of drug-likeness (QED) is 0.917. The van der Waals surface area contributed by atoms with Crippen LogP contribution in [0.25, 0.3) is 11.3 Å². The Balaban J connectivity index is 2.43. The largest absolute Gasteiger partial charge is 0.494 e. The summed E-state index contributed by atoms with van der Waals surface area (Å²) in [5, 5.41) is 3.00. The van der Waals surface area contributed by atoms with Crippen LogP contribution in [0.1, 0.15) is 11.5 Å². The minimum absolute atomic E-state index is 0.227. The molecule has 1 N–H and O–H groups in total. The van der Waals surface area contributed by atoms with Crippen molar-refractivity contribution in [1.29, 1.82) is 0 Å². The Morgan fingerprint density at radius 2 is 2.05 bits per heavy atom. The first-order valence-electron chi connectivity index (χ1n) is 5.97. The van der Waals surface area contributed by atoms with Crippen LogP contribution in [0.4, 0.5) is 4.39 Å². The van der Waals surface area contributed by atoms with Crippen molar-refractivity contribution in [2.45, 2.75) is 13.5 Å². The number of aryl methyl sites for hydroxylation is 1. The first-order valence-corrected chi connectivity index (χ1v) is 5.97. The Bertz CT molecular complexity index is 587. The Morgan fingerprint density at radius 1 is 1.26 bits per heavy atom. The molecular formula is C14H16FN3O. The molecule has 0 saturated heterocycles. The summed E-state index contributed by atoms with van der Waals surface area (Å²) in [7, 11) is 3.27. The van der Waals surface area contributed by atoms with E-state index in [1.54, 1.807) is 12.1 Å². The van der Waals surface area contributed by atoms with Crippen LogP contribution in [0.5, 0.6) is 5.75 Å². The van der Waals surface area contributed by atoms with Gasteiger partial charge in [-0.15, -0.1) is 0 Å². The summed E-state index contributed by atoms with van der Waals surface area (Å²) in [5.41, 5.74) is 2.27. The van der Waals surface area contributed by atoms with Crippen LogP contribution in [0.15, 0.2) is 24.3 Å². The molecule has 0 aliphatic heterocycles. The number of halogens is 1. The van der Waals surface area contributed by atoms with E-state index < -0.39 is 5.82 Å². The van der Waals surface area contributed by atoms with Crippen molar-refractivity contribution in [1.82, 2.24) is 15.3 Å². The van der Waals surface area contributed by atoms with Crippen LogP contribution >= 0.6 is 0 Å². The minimum atomic E-state index is -0.397. The first-order chi connectivity index (χ1) is 9.13. The number of ether oxygens (including phenoxy) is 1. The first kappa shape index (κ1) is 13.4. The monoisotopic (exact) mass is 261 g/mol. The highest BCUT2D eigenvalue weighted by Crippen LogP contribution is 2.24. The topological polar surface area (TPSA) is 47.0 Å². The van der Waals surface area contributed by atoms with Gasteiger partial charge in [0, 0.05) is 11.3 Å². The van der Waals surface area contributed by atoms with Gasteiger partial charge in [-0.25, -0.2) is 14.4 Å². The zero-order chi connectivity index (χ0) is 13.8. The number of benzene rings is 1. The van der Waals surface area contributed by atoms with E-state index in [0.717, 1.165) is 5.69 Å². The molecule has 4 nitrogen and oxygen atoms in total. The Hall–Kier alpha value is -2.01. The summed E-state index contributed by atoms with van der Waals surface area (Å²) in [5.74, 6) is 0.519. The molecule has 1 aromatic carbocycles. The second kappa shape index (κ2) is 5.75. The molecule has 2 rings (SSSR count). The van der Waals surface area contributed by atoms with Crippen molar-refractivity contribution in [3.63, 3.8) is 0 Å². The molecule has 0 bridgehead atoms. The lowest BCUT2D eigenvalue weighted by Gasteiger charge is -2.07. The fraction of sp³-hybridized carbons (Fsp3) is 0.286. The van der Waals surface area contributed by atoms with Crippen LogP contribution in [-0.4, -0.2) is 24.1 Å². The van der Waals surface area contributed by atoms with Crippen LogP contribution < -0.4 is 10.1 Å². The molecule has 0 saturated carbocycles. The average molecular weight is 261 g/mol.